The van der Waals surface area contributed by atoms with Crippen molar-refractivity contribution >= 4 is 16.9 Å². The third-order valence-electron chi connectivity index (χ3n) is 6.51. The molecule has 0 N–H and O–H groups in total. The van der Waals surface area contributed by atoms with Crippen molar-refractivity contribution in [1.29, 1.82) is 0 Å². The van der Waals surface area contributed by atoms with E-state index < -0.39 is 6.04 Å². The highest BCUT2D eigenvalue weighted by Crippen LogP contribution is 2.39. The number of amides is 1. The number of ether oxygens (including phenoxy) is 2. The molecule has 0 aliphatic carbocycles. The molecule has 1 aromatic heterocycles. The molecule has 1 fully saturated rings. The maximum atomic E-state index is 13.6. The van der Waals surface area contributed by atoms with Crippen LogP contribution in [0.5, 0.6) is 5.75 Å². The Kier molecular flexibility index (Phi) is 5.91. The van der Waals surface area contributed by atoms with E-state index in [2.05, 4.69) is 4.90 Å². The smallest absolute Gasteiger partial charge is 0.290 e. The first-order valence-electron chi connectivity index (χ1n) is 11.4. The molecule has 33 heavy (non-hydrogen) atoms. The number of benzene rings is 2. The quantitative estimate of drug-likeness (QED) is 0.576. The normalized spacial score (nSPS) is 18.7. The molecular formula is C26H28N2O5. The van der Waals surface area contributed by atoms with Crippen molar-refractivity contribution in [2.45, 2.75) is 19.4 Å². The van der Waals surface area contributed by atoms with Crippen molar-refractivity contribution in [3.05, 3.63) is 75.1 Å². The van der Waals surface area contributed by atoms with Crippen LogP contribution in [0, 0.1) is 6.92 Å². The van der Waals surface area contributed by atoms with Gasteiger partial charge in [0.2, 0.25) is 5.76 Å². The van der Waals surface area contributed by atoms with Gasteiger partial charge in [-0.05, 0) is 43.2 Å². The van der Waals surface area contributed by atoms with E-state index in [4.69, 9.17) is 13.9 Å². The molecule has 1 amide bonds. The Labute approximate surface area is 192 Å². The second-order valence-electron chi connectivity index (χ2n) is 8.66. The minimum atomic E-state index is -0.506. The molecule has 7 heteroatoms. The Balaban J connectivity index is 1.55. The van der Waals surface area contributed by atoms with Crippen molar-refractivity contribution in [2.24, 2.45) is 0 Å². The molecule has 0 spiro atoms. The lowest BCUT2D eigenvalue weighted by molar-refractivity contribution is 0.0353. The Morgan fingerprint density at radius 2 is 1.88 bits per heavy atom. The minimum Gasteiger partial charge on any atom is -0.497 e. The van der Waals surface area contributed by atoms with Crippen molar-refractivity contribution < 1.29 is 18.7 Å². The van der Waals surface area contributed by atoms with Crippen LogP contribution in [0.3, 0.4) is 0 Å². The maximum Gasteiger partial charge on any atom is 0.290 e. The summed E-state index contributed by atoms with van der Waals surface area (Å²) >= 11 is 0. The molecule has 3 heterocycles. The van der Waals surface area contributed by atoms with Crippen molar-refractivity contribution in [2.75, 3.05) is 46.5 Å². The molecule has 7 nitrogen and oxygen atoms in total. The number of methoxy groups -OCH3 is 1. The predicted octanol–water partition coefficient (Wildman–Crippen LogP) is 3.38. The van der Waals surface area contributed by atoms with E-state index in [1.165, 1.54) is 0 Å². The fraction of sp³-hybridized carbons (Fsp3) is 0.385. The van der Waals surface area contributed by atoms with E-state index >= 15 is 0 Å². The third kappa shape index (κ3) is 4.03. The molecule has 5 rings (SSSR count). The van der Waals surface area contributed by atoms with Crippen LogP contribution < -0.4 is 10.2 Å². The molecule has 0 bridgehead atoms. The molecule has 0 radical (unpaired) electrons. The zero-order valence-corrected chi connectivity index (χ0v) is 19.0. The number of fused-ring (bicyclic) bond motifs is 2. The molecule has 0 saturated carbocycles. The van der Waals surface area contributed by atoms with Gasteiger partial charge in [-0.3, -0.25) is 14.5 Å². The molecule has 0 unspecified atom stereocenters. The van der Waals surface area contributed by atoms with Gasteiger partial charge in [-0.25, -0.2) is 0 Å². The summed E-state index contributed by atoms with van der Waals surface area (Å²) in [5.74, 6) is 0.595. The Bertz CT molecular complexity index is 1250. The lowest BCUT2D eigenvalue weighted by Gasteiger charge is -2.29. The van der Waals surface area contributed by atoms with Crippen molar-refractivity contribution in [3.63, 3.8) is 0 Å². The molecule has 172 valence electrons. The lowest BCUT2D eigenvalue weighted by Crippen LogP contribution is -2.38. The van der Waals surface area contributed by atoms with Gasteiger partial charge in [0.25, 0.3) is 5.91 Å². The summed E-state index contributed by atoms with van der Waals surface area (Å²) in [5, 5.41) is 0.504. The van der Waals surface area contributed by atoms with Gasteiger partial charge in [-0.1, -0.05) is 23.8 Å². The highest BCUT2D eigenvalue weighted by Gasteiger charge is 2.42. The topological polar surface area (TPSA) is 72.2 Å². The zero-order valence-electron chi connectivity index (χ0n) is 19.0. The van der Waals surface area contributed by atoms with E-state index in [0.717, 1.165) is 50.4 Å². The van der Waals surface area contributed by atoms with Crippen LogP contribution in [0.15, 0.2) is 51.7 Å². The average Bonchev–Trinajstić information content (AvgIpc) is 3.12. The second-order valence-corrected chi connectivity index (χ2v) is 8.66. The first-order chi connectivity index (χ1) is 16.1. The largest absolute Gasteiger partial charge is 0.497 e. The molecule has 3 aromatic rings. The Hall–Kier alpha value is -3.16. The lowest BCUT2D eigenvalue weighted by atomic mass is 9.98. The highest BCUT2D eigenvalue weighted by molar-refractivity contribution is 5.99. The number of nitrogens with zero attached hydrogens (tertiary/aromatic N) is 2. The summed E-state index contributed by atoms with van der Waals surface area (Å²) in [6.45, 7) is 6.62. The van der Waals surface area contributed by atoms with Crippen LogP contribution in [-0.4, -0.2) is 62.2 Å². The van der Waals surface area contributed by atoms with E-state index in [-0.39, 0.29) is 17.1 Å². The zero-order chi connectivity index (χ0) is 22.9. The molecule has 1 saturated heterocycles. The number of hydrogen-bond donors (Lipinski definition) is 0. The van der Waals surface area contributed by atoms with Crippen LogP contribution >= 0.6 is 0 Å². The van der Waals surface area contributed by atoms with Gasteiger partial charge >= 0.3 is 0 Å². The summed E-state index contributed by atoms with van der Waals surface area (Å²) < 4.78 is 16.9. The second kappa shape index (κ2) is 9.00. The van der Waals surface area contributed by atoms with Gasteiger partial charge in [0.15, 0.2) is 5.43 Å². The SMILES string of the molecule is COc1cccc([C@@H]2c3c(oc4ccc(C)cc4c3=O)C(=O)N2CCCN2CCOCC2)c1. The Morgan fingerprint density at radius 3 is 2.67 bits per heavy atom. The van der Waals surface area contributed by atoms with Crippen LogP contribution in [0.4, 0.5) is 0 Å². The van der Waals surface area contributed by atoms with Crippen LogP contribution in [0.1, 0.15) is 39.7 Å². The van der Waals surface area contributed by atoms with Gasteiger partial charge in [0.05, 0.1) is 37.3 Å². The van der Waals surface area contributed by atoms with E-state index in [1.807, 2.05) is 43.3 Å². The number of carbonyl (C=O) groups is 1. The van der Waals surface area contributed by atoms with E-state index in [0.29, 0.717) is 28.8 Å². The number of rotatable bonds is 6. The van der Waals surface area contributed by atoms with Gasteiger partial charge < -0.3 is 18.8 Å². The standard InChI is InChI=1S/C26H28N2O5/c1-17-7-8-21-20(15-17)24(29)22-23(18-5-3-6-19(16-18)31-2)28(26(30)25(22)33-21)10-4-9-27-11-13-32-14-12-27/h3,5-8,15-16,23H,4,9-14H2,1-2H3/t23-/m1/s1. The first kappa shape index (κ1) is 21.7. The van der Waals surface area contributed by atoms with Gasteiger partial charge in [-0.15, -0.1) is 0 Å². The highest BCUT2D eigenvalue weighted by atomic mass is 16.5. The van der Waals surface area contributed by atoms with Crippen molar-refractivity contribution in [3.8, 4) is 5.75 Å². The van der Waals surface area contributed by atoms with E-state index in [9.17, 15) is 9.59 Å². The van der Waals surface area contributed by atoms with Crippen LogP contribution in [0.2, 0.25) is 0 Å². The van der Waals surface area contributed by atoms with Crippen LogP contribution in [-0.2, 0) is 4.74 Å². The fourth-order valence-electron chi connectivity index (χ4n) is 4.81. The summed E-state index contributed by atoms with van der Waals surface area (Å²) in [4.78, 5) is 31.3. The fourth-order valence-corrected chi connectivity index (χ4v) is 4.81. The Morgan fingerprint density at radius 1 is 1.06 bits per heavy atom. The maximum absolute atomic E-state index is 13.6. The number of carbonyl (C=O) groups excluding carboxylic acids is 1. The van der Waals surface area contributed by atoms with Crippen molar-refractivity contribution in [1.82, 2.24) is 9.80 Å². The van der Waals surface area contributed by atoms with Gasteiger partial charge in [-0.2, -0.15) is 0 Å². The summed E-state index contributed by atoms with van der Waals surface area (Å²) in [6.07, 6.45) is 0.799. The molecular weight excluding hydrogens is 420 g/mol. The average molecular weight is 449 g/mol. The molecule has 2 aromatic carbocycles. The van der Waals surface area contributed by atoms with Gasteiger partial charge in [0.1, 0.15) is 11.3 Å². The van der Waals surface area contributed by atoms with Crippen LogP contribution in [0.25, 0.3) is 11.0 Å². The van der Waals surface area contributed by atoms with E-state index in [1.54, 1.807) is 18.1 Å². The molecule has 2 aliphatic heterocycles. The minimum absolute atomic E-state index is 0.146. The third-order valence-corrected chi connectivity index (χ3v) is 6.51. The molecule has 2 aliphatic rings. The molecule has 1 atom stereocenters. The summed E-state index contributed by atoms with van der Waals surface area (Å²) in [5.41, 5.74) is 2.52. The summed E-state index contributed by atoms with van der Waals surface area (Å²) in [6, 6.07) is 12.5. The monoisotopic (exact) mass is 448 g/mol. The number of aryl methyl sites for hydroxylation is 1. The predicted molar refractivity (Wildman–Crippen MR) is 125 cm³/mol. The number of morpholine rings is 1. The first-order valence-corrected chi connectivity index (χ1v) is 11.4. The van der Waals surface area contributed by atoms with Gasteiger partial charge in [0, 0.05) is 26.2 Å². The number of hydrogen-bond acceptors (Lipinski definition) is 6. The summed E-state index contributed by atoms with van der Waals surface area (Å²) in [7, 11) is 1.61.